The summed E-state index contributed by atoms with van der Waals surface area (Å²) >= 11 is 20.2. The molecule has 1 aliphatic heterocycles. The molecule has 0 unspecified atom stereocenters. The van der Waals surface area contributed by atoms with Crippen molar-refractivity contribution in [3.8, 4) is 11.5 Å². The average molecular weight is 548 g/mol. The van der Waals surface area contributed by atoms with Gasteiger partial charge >= 0.3 is 0 Å². The Morgan fingerprint density at radius 2 is 1.66 bits per heavy atom. The summed E-state index contributed by atoms with van der Waals surface area (Å²) in [6.45, 7) is 2.70. The van der Waals surface area contributed by atoms with Gasteiger partial charge in [0.05, 0.1) is 27.7 Å². The van der Waals surface area contributed by atoms with E-state index < -0.39 is 0 Å². The van der Waals surface area contributed by atoms with Crippen molar-refractivity contribution in [2.24, 2.45) is 4.99 Å². The lowest BCUT2D eigenvalue weighted by atomic mass is 10.2. The van der Waals surface area contributed by atoms with Crippen molar-refractivity contribution < 1.29 is 14.3 Å². The molecule has 0 bridgehead atoms. The Morgan fingerprint density at radius 1 is 1.00 bits per heavy atom. The van der Waals surface area contributed by atoms with Crippen LogP contribution >= 0.6 is 46.6 Å². The van der Waals surface area contributed by atoms with Gasteiger partial charge < -0.3 is 9.47 Å². The molecule has 0 aliphatic carbocycles. The maximum absolute atomic E-state index is 13.0. The van der Waals surface area contributed by atoms with E-state index in [-0.39, 0.29) is 5.91 Å². The van der Waals surface area contributed by atoms with Crippen molar-refractivity contribution in [2.75, 3.05) is 13.7 Å². The van der Waals surface area contributed by atoms with E-state index >= 15 is 0 Å². The number of amides is 1. The molecule has 1 aliphatic rings. The predicted octanol–water partition coefficient (Wildman–Crippen LogP) is 7.86. The number of aliphatic imine (C=N–C) groups is 1. The first-order chi connectivity index (χ1) is 16.9. The molecule has 3 aromatic carbocycles. The largest absolute Gasteiger partial charge is 0.497 e. The number of hydrogen-bond donors (Lipinski definition) is 0. The first-order valence-electron chi connectivity index (χ1n) is 10.7. The molecule has 1 saturated heterocycles. The molecule has 35 heavy (non-hydrogen) atoms. The number of thioether (sulfide) groups is 1. The van der Waals surface area contributed by atoms with Crippen LogP contribution in [0, 0.1) is 0 Å². The topological polar surface area (TPSA) is 51.1 Å². The van der Waals surface area contributed by atoms with Gasteiger partial charge in [-0.1, -0.05) is 46.9 Å². The van der Waals surface area contributed by atoms with E-state index in [0.717, 1.165) is 17.0 Å². The molecule has 0 saturated carbocycles. The maximum Gasteiger partial charge on any atom is 0.266 e. The van der Waals surface area contributed by atoms with Crippen molar-refractivity contribution >= 4 is 69.4 Å². The smallest absolute Gasteiger partial charge is 0.266 e. The summed E-state index contributed by atoms with van der Waals surface area (Å²) in [6, 6.07) is 18.1. The van der Waals surface area contributed by atoms with E-state index in [1.165, 1.54) is 11.8 Å². The molecule has 0 atom stereocenters. The van der Waals surface area contributed by atoms with E-state index in [9.17, 15) is 4.79 Å². The van der Waals surface area contributed by atoms with Gasteiger partial charge in [-0.2, -0.15) is 0 Å². The second-order valence-electron chi connectivity index (χ2n) is 7.48. The zero-order valence-electron chi connectivity index (χ0n) is 18.9. The van der Waals surface area contributed by atoms with E-state index in [0.29, 0.717) is 49.6 Å². The first kappa shape index (κ1) is 25.5. The van der Waals surface area contributed by atoms with E-state index in [2.05, 4.69) is 4.99 Å². The zero-order chi connectivity index (χ0) is 24.9. The van der Waals surface area contributed by atoms with Gasteiger partial charge in [-0.3, -0.25) is 9.69 Å². The lowest BCUT2D eigenvalue weighted by Crippen LogP contribution is -2.28. The van der Waals surface area contributed by atoms with Gasteiger partial charge in [-0.15, -0.1) is 0 Å². The number of halogens is 3. The monoisotopic (exact) mass is 546 g/mol. The summed E-state index contributed by atoms with van der Waals surface area (Å²) in [5, 5.41) is 1.97. The van der Waals surface area contributed by atoms with Crippen LogP contribution in [-0.4, -0.2) is 29.6 Å². The number of nitrogens with zero attached hydrogens (tertiary/aromatic N) is 2. The molecule has 5 nitrogen and oxygen atoms in total. The maximum atomic E-state index is 13.0. The molecule has 0 spiro atoms. The highest BCUT2D eigenvalue weighted by molar-refractivity contribution is 8.18. The third-order valence-corrected chi connectivity index (χ3v) is 6.94. The minimum atomic E-state index is -0.125. The molecular weight excluding hydrogens is 527 g/mol. The molecule has 180 valence electrons. The number of methoxy groups -OCH3 is 1. The van der Waals surface area contributed by atoms with Crippen molar-refractivity contribution in [2.45, 2.75) is 13.5 Å². The third kappa shape index (κ3) is 6.14. The Labute approximate surface area is 223 Å². The number of carbonyl (C=O) groups is 1. The summed E-state index contributed by atoms with van der Waals surface area (Å²) in [4.78, 5) is 19.8. The number of benzene rings is 3. The van der Waals surface area contributed by atoms with E-state index in [1.807, 2.05) is 43.3 Å². The lowest BCUT2D eigenvalue weighted by molar-refractivity contribution is -0.122. The van der Waals surface area contributed by atoms with Gasteiger partial charge in [0.25, 0.3) is 5.91 Å². The van der Waals surface area contributed by atoms with Crippen LogP contribution in [-0.2, 0) is 11.4 Å². The molecule has 1 heterocycles. The molecule has 9 heteroatoms. The minimum Gasteiger partial charge on any atom is -0.497 e. The van der Waals surface area contributed by atoms with Crippen molar-refractivity contribution in [3.63, 3.8) is 0 Å². The van der Waals surface area contributed by atoms with Crippen molar-refractivity contribution in [3.05, 3.63) is 91.8 Å². The van der Waals surface area contributed by atoms with Gasteiger partial charge in [0.2, 0.25) is 0 Å². The van der Waals surface area contributed by atoms with Crippen LogP contribution in [0.4, 0.5) is 5.69 Å². The molecule has 1 amide bonds. The van der Waals surface area contributed by atoms with E-state index in [4.69, 9.17) is 44.3 Å². The first-order valence-corrected chi connectivity index (χ1v) is 12.6. The number of likely N-dealkylation sites (N-methyl/N-ethyl adjacent to an activating group) is 1. The fourth-order valence-corrected chi connectivity index (χ4v) is 5.13. The normalized spacial score (nSPS) is 15.8. The van der Waals surface area contributed by atoms with Gasteiger partial charge in [0, 0.05) is 11.6 Å². The number of rotatable bonds is 7. The van der Waals surface area contributed by atoms with Crippen LogP contribution in [0.1, 0.15) is 18.1 Å². The SMILES string of the molecule is CCN1C(=O)/C(=C\c2cc(Cl)c(OCc3ccc(Cl)cc3)c(Cl)c2)SC1=Nc1ccc(OC)cc1. The zero-order valence-corrected chi connectivity index (χ0v) is 22.0. The Bertz CT molecular complexity index is 1270. The summed E-state index contributed by atoms with van der Waals surface area (Å²) in [7, 11) is 1.61. The highest BCUT2D eigenvalue weighted by Crippen LogP contribution is 2.38. The van der Waals surface area contributed by atoms with Crippen molar-refractivity contribution in [1.82, 2.24) is 4.90 Å². The number of carbonyl (C=O) groups excluding carboxylic acids is 1. The summed E-state index contributed by atoms with van der Waals surface area (Å²) in [5.41, 5.74) is 2.36. The van der Waals surface area contributed by atoms with Crippen LogP contribution in [0.15, 0.2) is 70.6 Å². The Kier molecular flexibility index (Phi) is 8.29. The standard InChI is InChI=1S/C26H21Cl3N2O3S/c1-3-31-25(32)23(35-26(31)30-19-8-10-20(33-2)11-9-19)14-17-12-21(28)24(22(29)13-17)34-15-16-4-6-18(27)7-5-16/h4-14H,3,15H2,1-2H3/b23-14+,30-26?. The van der Waals surface area contributed by atoms with Crippen molar-refractivity contribution in [1.29, 1.82) is 0 Å². The Balaban J connectivity index is 1.54. The van der Waals surface area contributed by atoms with Crippen LogP contribution < -0.4 is 9.47 Å². The third-order valence-electron chi connectivity index (χ3n) is 5.12. The van der Waals surface area contributed by atoms with Gasteiger partial charge in [-0.05, 0) is 84.4 Å². The summed E-state index contributed by atoms with van der Waals surface area (Å²) in [6.07, 6.45) is 1.76. The number of ether oxygens (including phenoxy) is 2. The van der Waals surface area contributed by atoms with Crippen LogP contribution in [0.3, 0.4) is 0 Å². The second kappa shape index (κ2) is 11.4. The molecular formula is C26H21Cl3N2O3S. The van der Waals surface area contributed by atoms with Crippen LogP contribution in [0.5, 0.6) is 11.5 Å². The summed E-state index contributed by atoms with van der Waals surface area (Å²) < 4.78 is 11.0. The molecule has 1 fully saturated rings. The quantitative estimate of drug-likeness (QED) is 0.283. The highest BCUT2D eigenvalue weighted by atomic mass is 35.5. The molecule has 0 radical (unpaired) electrons. The minimum absolute atomic E-state index is 0.125. The second-order valence-corrected chi connectivity index (χ2v) is 9.74. The predicted molar refractivity (Wildman–Crippen MR) is 145 cm³/mol. The summed E-state index contributed by atoms with van der Waals surface area (Å²) in [5.74, 6) is 0.999. The number of amidine groups is 1. The molecule has 4 rings (SSSR count). The fourth-order valence-electron chi connectivity index (χ4n) is 3.33. The highest BCUT2D eigenvalue weighted by Gasteiger charge is 2.32. The van der Waals surface area contributed by atoms with Gasteiger partial charge in [0.15, 0.2) is 10.9 Å². The van der Waals surface area contributed by atoms with Crippen LogP contribution in [0.25, 0.3) is 6.08 Å². The molecule has 0 aromatic heterocycles. The van der Waals surface area contributed by atoms with Gasteiger partial charge in [0.1, 0.15) is 12.4 Å². The Hall–Kier alpha value is -2.64. The van der Waals surface area contributed by atoms with Crippen LogP contribution in [0.2, 0.25) is 15.1 Å². The van der Waals surface area contributed by atoms with E-state index in [1.54, 1.807) is 42.4 Å². The van der Waals surface area contributed by atoms with Gasteiger partial charge in [-0.25, -0.2) is 4.99 Å². The average Bonchev–Trinajstić information content (AvgIpc) is 3.13. The fraction of sp³-hybridized carbons (Fsp3) is 0.154. The molecule has 3 aromatic rings. The lowest BCUT2D eigenvalue weighted by Gasteiger charge is -2.12. The number of hydrogen-bond acceptors (Lipinski definition) is 5. The molecule has 0 N–H and O–H groups in total. The Morgan fingerprint density at radius 3 is 2.26 bits per heavy atom.